The largest absolute Gasteiger partial charge is 0.508 e. The van der Waals surface area contributed by atoms with Crippen LogP contribution in [0.15, 0.2) is 18.2 Å². The van der Waals surface area contributed by atoms with E-state index >= 15 is 0 Å². The zero-order chi connectivity index (χ0) is 13.2. The Balaban J connectivity index is 2.19. The van der Waals surface area contributed by atoms with Crippen LogP contribution in [0.4, 0.5) is 5.69 Å². The van der Waals surface area contributed by atoms with Crippen LogP contribution in [0.5, 0.6) is 5.75 Å². The number of phenols is 1. The smallest absolute Gasteiger partial charge is 0.235 e. The maximum absolute atomic E-state index is 12.2. The van der Waals surface area contributed by atoms with Gasteiger partial charge in [-0.05, 0) is 31.9 Å². The van der Waals surface area contributed by atoms with E-state index in [1.54, 1.807) is 25.1 Å². The van der Waals surface area contributed by atoms with Crippen LogP contribution in [0, 0.1) is 6.92 Å². The maximum Gasteiger partial charge on any atom is 0.235 e. The van der Waals surface area contributed by atoms with Gasteiger partial charge in [0.2, 0.25) is 10.0 Å². The van der Waals surface area contributed by atoms with Crippen LogP contribution < -0.4 is 4.72 Å². The van der Waals surface area contributed by atoms with Crippen molar-refractivity contribution in [1.82, 2.24) is 0 Å². The number of benzene rings is 1. The van der Waals surface area contributed by atoms with Gasteiger partial charge < -0.3 is 5.11 Å². The fourth-order valence-corrected chi connectivity index (χ4v) is 3.99. The zero-order valence-corrected chi connectivity index (χ0v) is 11.3. The molecule has 0 unspecified atom stereocenters. The average molecular weight is 269 g/mol. The number of rotatable bonds is 3. The fraction of sp³-hybridized carbons (Fsp3) is 0.538. The molecule has 2 N–H and O–H groups in total. The Morgan fingerprint density at radius 3 is 2.56 bits per heavy atom. The molecule has 0 radical (unpaired) electrons. The van der Waals surface area contributed by atoms with Gasteiger partial charge in [-0.3, -0.25) is 4.72 Å². The van der Waals surface area contributed by atoms with Crippen molar-refractivity contribution in [3.05, 3.63) is 23.8 Å². The summed E-state index contributed by atoms with van der Waals surface area (Å²) in [4.78, 5) is 0. The summed E-state index contributed by atoms with van der Waals surface area (Å²) < 4.78 is 27.1. The van der Waals surface area contributed by atoms with Crippen molar-refractivity contribution >= 4 is 15.7 Å². The van der Waals surface area contributed by atoms with Gasteiger partial charge in [0, 0.05) is 5.56 Å². The Labute approximate surface area is 108 Å². The minimum atomic E-state index is -3.34. The summed E-state index contributed by atoms with van der Waals surface area (Å²) in [6, 6.07) is 4.87. The summed E-state index contributed by atoms with van der Waals surface area (Å²) in [6.45, 7) is 1.70. The van der Waals surface area contributed by atoms with Crippen LogP contribution in [0.25, 0.3) is 0 Å². The van der Waals surface area contributed by atoms with Gasteiger partial charge in [-0.1, -0.05) is 25.3 Å². The van der Waals surface area contributed by atoms with Crippen molar-refractivity contribution in [2.45, 2.75) is 44.3 Å². The molecule has 2 rings (SSSR count). The molecule has 0 spiro atoms. The van der Waals surface area contributed by atoms with E-state index in [-0.39, 0.29) is 11.0 Å². The van der Waals surface area contributed by atoms with E-state index in [0.29, 0.717) is 11.3 Å². The Hall–Kier alpha value is -1.23. The normalized spacial score (nSPS) is 17.6. The Bertz CT molecular complexity index is 519. The summed E-state index contributed by atoms with van der Waals surface area (Å²) in [5, 5.41) is 9.27. The van der Waals surface area contributed by atoms with Gasteiger partial charge in [0.15, 0.2) is 0 Å². The molecule has 5 heteroatoms. The lowest BCUT2D eigenvalue weighted by atomic mass is 10.0. The number of phenolic OH excluding ortho intramolecular Hbond substituents is 1. The first-order chi connectivity index (χ1) is 8.50. The molecular formula is C13H19NO3S. The molecular weight excluding hydrogens is 250 g/mol. The third-order valence-corrected chi connectivity index (χ3v) is 5.40. The molecule has 0 aliphatic heterocycles. The molecule has 1 saturated carbocycles. The third-order valence-electron chi connectivity index (χ3n) is 3.55. The van der Waals surface area contributed by atoms with E-state index < -0.39 is 10.0 Å². The van der Waals surface area contributed by atoms with Crippen LogP contribution in [-0.2, 0) is 10.0 Å². The first kappa shape index (κ1) is 13.2. The van der Waals surface area contributed by atoms with E-state index in [1.807, 2.05) is 0 Å². The van der Waals surface area contributed by atoms with Crippen molar-refractivity contribution < 1.29 is 13.5 Å². The van der Waals surface area contributed by atoms with Crippen LogP contribution in [-0.4, -0.2) is 18.8 Å². The SMILES string of the molecule is Cc1c(O)cccc1NS(=O)(=O)C1CCCCC1. The highest BCUT2D eigenvalue weighted by Crippen LogP contribution is 2.28. The molecule has 1 aromatic rings. The summed E-state index contributed by atoms with van der Waals surface area (Å²) in [5.74, 6) is 0.110. The molecule has 1 aliphatic carbocycles. The standard InChI is InChI=1S/C13H19NO3S/c1-10-12(8-5-9-13(10)15)14-18(16,17)11-6-3-2-4-7-11/h5,8-9,11,14-15H,2-4,6-7H2,1H3. The first-order valence-electron chi connectivity index (χ1n) is 6.31. The zero-order valence-electron chi connectivity index (χ0n) is 10.5. The highest BCUT2D eigenvalue weighted by atomic mass is 32.2. The number of anilines is 1. The van der Waals surface area contributed by atoms with Crippen LogP contribution in [0.2, 0.25) is 0 Å². The van der Waals surface area contributed by atoms with E-state index in [2.05, 4.69) is 4.72 Å². The summed E-state index contributed by atoms with van der Waals surface area (Å²) >= 11 is 0. The fourth-order valence-electron chi connectivity index (χ4n) is 2.35. The average Bonchev–Trinajstić information content (AvgIpc) is 2.36. The molecule has 1 aliphatic rings. The second-order valence-corrected chi connectivity index (χ2v) is 6.82. The van der Waals surface area contributed by atoms with E-state index in [1.165, 1.54) is 0 Å². The molecule has 0 atom stereocenters. The predicted molar refractivity (Wildman–Crippen MR) is 72.3 cm³/mol. The number of hydrogen-bond acceptors (Lipinski definition) is 3. The van der Waals surface area contributed by atoms with Crippen LogP contribution in [0.3, 0.4) is 0 Å². The summed E-state index contributed by atoms with van der Waals surface area (Å²) in [5.41, 5.74) is 1.04. The minimum absolute atomic E-state index is 0.110. The molecule has 0 amide bonds. The quantitative estimate of drug-likeness (QED) is 0.886. The molecule has 0 saturated heterocycles. The van der Waals surface area contributed by atoms with Crippen molar-refractivity contribution in [2.75, 3.05) is 4.72 Å². The number of nitrogens with one attached hydrogen (secondary N) is 1. The van der Waals surface area contributed by atoms with Gasteiger partial charge in [0.25, 0.3) is 0 Å². The molecule has 1 fully saturated rings. The summed E-state index contributed by atoms with van der Waals surface area (Å²) in [7, 11) is -3.34. The van der Waals surface area contributed by atoms with Gasteiger partial charge in [-0.25, -0.2) is 8.42 Å². The molecule has 4 nitrogen and oxygen atoms in total. The van der Waals surface area contributed by atoms with Crippen molar-refractivity contribution in [1.29, 1.82) is 0 Å². The number of hydrogen-bond donors (Lipinski definition) is 2. The lowest BCUT2D eigenvalue weighted by Gasteiger charge is -2.23. The number of aromatic hydroxyl groups is 1. The highest BCUT2D eigenvalue weighted by molar-refractivity contribution is 7.93. The second-order valence-electron chi connectivity index (χ2n) is 4.86. The molecule has 100 valence electrons. The van der Waals surface area contributed by atoms with Crippen molar-refractivity contribution in [2.24, 2.45) is 0 Å². The van der Waals surface area contributed by atoms with Crippen molar-refractivity contribution in [3.63, 3.8) is 0 Å². The molecule has 1 aromatic carbocycles. The van der Waals surface area contributed by atoms with Gasteiger partial charge in [0.1, 0.15) is 5.75 Å². The molecule has 0 heterocycles. The van der Waals surface area contributed by atoms with E-state index in [9.17, 15) is 13.5 Å². The van der Waals surface area contributed by atoms with E-state index in [4.69, 9.17) is 0 Å². The minimum Gasteiger partial charge on any atom is -0.508 e. The Morgan fingerprint density at radius 2 is 1.89 bits per heavy atom. The van der Waals surface area contributed by atoms with Crippen LogP contribution in [0.1, 0.15) is 37.7 Å². The topological polar surface area (TPSA) is 66.4 Å². The summed E-state index contributed by atoms with van der Waals surface area (Å²) in [6.07, 6.45) is 4.53. The van der Waals surface area contributed by atoms with E-state index in [0.717, 1.165) is 32.1 Å². The van der Waals surface area contributed by atoms with Crippen molar-refractivity contribution in [3.8, 4) is 5.75 Å². The number of sulfonamides is 1. The lowest BCUT2D eigenvalue weighted by molar-refractivity contribution is 0.471. The lowest BCUT2D eigenvalue weighted by Crippen LogP contribution is -2.29. The van der Waals surface area contributed by atoms with Gasteiger partial charge >= 0.3 is 0 Å². The Morgan fingerprint density at radius 1 is 1.22 bits per heavy atom. The molecule has 0 bridgehead atoms. The maximum atomic E-state index is 12.2. The van der Waals surface area contributed by atoms with Gasteiger partial charge in [0.05, 0.1) is 10.9 Å². The van der Waals surface area contributed by atoms with Gasteiger partial charge in [-0.2, -0.15) is 0 Å². The molecule has 18 heavy (non-hydrogen) atoms. The third kappa shape index (κ3) is 2.77. The predicted octanol–water partition coefficient (Wildman–Crippen LogP) is 2.78. The Kier molecular flexibility index (Phi) is 3.80. The second kappa shape index (κ2) is 5.18. The highest BCUT2D eigenvalue weighted by Gasteiger charge is 2.27. The van der Waals surface area contributed by atoms with Crippen LogP contribution >= 0.6 is 0 Å². The first-order valence-corrected chi connectivity index (χ1v) is 7.85. The molecule has 0 aromatic heterocycles. The monoisotopic (exact) mass is 269 g/mol. The van der Waals surface area contributed by atoms with Gasteiger partial charge in [-0.15, -0.1) is 0 Å².